The number of hydrogen-bond donors (Lipinski definition) is 0. The quantitative estimate of drug-likeness (QED) is 0.513. The highest BCUT2D eigenvalue weighted by atomic mass is 15.2. The molecule has 3 heteroatoms. The Hall–Kier alpha value is -2.68. The van der Waals surface area contributed by atoms with Crippen molar-refractivity contribution in [3.63, 3.8) is 0 Å². The minimum absolute atomic E-state index is 0.866. The first-order valence-corrected chi connectivity index (χ1v) is 6.21. The Morgan fingerprint density at radius 2 is 1.58 bits per heavy atom. The van der Waals surface area contributed by atoms with Crippen molar-refractivity contribution in [2.45, 2.75) is 0 Å². The summed E-state index contributed by atoms with van der Waals surface area (Å²) in [6.45, 7) is 0. The molecule has 4 aromatic rings. The maximum absolute atomic E-state index is 4.33. The summed E-state index contributed by atoms with van der Waals surface area (Å²) in [5.74, 6) is 0.882. The number of nitrogens with zero attached hydrogens (tertiary/aromatic N) is 3. The van der Waals surface area contributed by atoms with Gasteiger partial charge in [0.05, 0.1) is 0 Å². The Labute approximate surface area is 110 Å². The van der Waals surface area contributed by atoms with Crippen LogP contribution in [-0.4, -0.2) is 14.6 Å². The molecule has 0 radical (unpaired) electrons. The van der Waals surface area contributed by atoms with Crippen molar-refractivity contribution >= 4 is 16.4 Å². The van der Waals surface area contributed by atoms with Crippen molar-refractivity contribution in [2.24, 2.45) is 0 Å². The molecule has 2 heterocycles. The molecule has 0 saturated heterocycles. The van der Waals surface area contributed by atoms with E-state index in [0.717, 1.165) is 17.0 Å². The first-order valence-electron chi connectivity index (χ1n) is 6.21. The van der Waals surface area contributed by atoms with Crippen molar-refractivity contribution in [3.8, 4) is 11.4 Å². The molecule has 0 N–H and O–H groups in total. The molecule has 0 aliphatic heterocycles. The Kier molecular flexibility index (Phi) is 2.12. The van der Waals surface area contributed by atoms with Gasteiger partial charge in [0.2, 0.25) is 0 Å². The van der Waals surface area contributed by atoms with Crippen LogP contribution < -0.4 is 0 Å². The fourth-order valence-corrected chi connectivity index (χ4v) is 2.45. The highest BCUT2D eigenvalue weighted by Crippen LogP contribution is 2.27. The molecule has 0 atom stereocenters. The van der Waals surface area contributed by atoms with E-state index in [0.29, 0.717) is 0 Å². The van der Waals surface area contributed by atoms with E-state index < -0.39 is 0 Å². The van der Waals surface area contributed by atoms with Crippen LogP contribution in [0.2, 0.25) is 0 Å². The molecule has 0 aliphatic carbocycles. The molecule has 3 nitrogen and oxygen atoms in total. The second-order valence-electron chi connectivity index (χ2n) is 4.48. The average Bonchev–Trinajstić information content (AvgIpc) is 2.90. The first-order chi connectivity index (χ1) is 9.43. The second-order valence-corrected chi connectivity index (χ2v) is 4.48. The topological polar surface area (TPSA) is 30.2 Å². The van der Waals surface area contributed by atoms with Gasteiger partial charge in [-0.15, -0.1) is 10.2 Å². The largest absolute Gasteiger partial charge is 0.282 e. The summed E-state index contributed by atoms with van der Waals surface area (Å²) >= 11 is 0. The van der Waals surface area contributed by atoms with E-state index >= 15 is 0 Å². The van der Waals surface area contributed by atoms with Crippen LogP contribution >= 0.6 is 0 Å². The van der Waals surface area contributed by atoms with Gasteiger partial charge in [0.25, 0.3) is 0 Å². The molecular formula is C16H11N3. The van der Waals surface area contributed by atoms with E-state index in [1.807, 2.05) is 34.9 Å². The van der Waals surface area contributed by atoms with Crippen LogP contribution in [0.15, 0.2) is 66.9 Å². The van der Waals surface area contributed by atoms with Gasteiger partial charge < -0.3 is 0 Å². The lowest BCUT2D eigenvalue weighted by molar-refractivity contribution is 1.11. The summed E-state index contributed by atoms with van der Waals surface area (Å²) in [6.07, 6.45) is 1.99. The SMILES string of the molecule is c1ccc2c(-c3nnc4ccccn34)cccc2c1. The van der Waals surface area contributed by atoms with E-state index in [4.69, 9.17) is 0 Å². The molecular weight excluding hydrogens is 234 g/mol. The number of aromatic nitrogens is 3. The number of benzene rings is 2. The van der Waals surface area contributed by atoms with Crippen LogP contribution in [0.25, 0.3) is 27.8 Å². The Balaban J connectivity index is 2.10. The van der Waals surface area contributed by atoms with Crippen LogP contribution in [-0.2, 0) is 0 Å². The molecule has 0 saturated carbocycles. The molecule has 90 valence electrons. The minimum Gasteiger partial charge on any atom is -0.282 e. The summed E-state index contributed by atoms with van der Waals surface area (Å²) in [6, 6.07) is 20.5. The first kappa shape index (κ1) is 10.3. The molecule has 0 aliphatic rings. The van der Waals surface area contributed by atoms with Gasteiger partial charge in [-0.05, 0) is 22.9 Å². The Bertz CT molecular complexity index is 872. The normalized spacial score (nSPS) is 11.2. The predicted octanol–water partition coefficient (Wildman–Crippen LogP) is 3.55. The molecule has 2 aromatic heterocycles. The van der Waals surface area contributed by atoms with Gasteiger partial charge in [-0.3, -0.25) is 4.40 Å². The van der Waals surface area contributed by atoms with Crippen LogP contribution in [0.4, 0.5) is 0 Å². The zero-order chi connectivity index (χ0) is 12.7. The van der Waals surface area contributed by atoms with Gasteiger partial charge in [0.1, 0.15) is 0 Å². The Morgan fingerprint density at radius 3 is 2.58 bits per heavy atom. The number of fused-ring (bicyclic) bond motifs is 2. The second kappa shape index (κ2) is 3.92. The van der Waals surface area contributed by atoms with Gasteiger partial charge in [0.15, 0.2) is 11.5 Å². The van der Waals surface area contributed by atoms with Gasteiger partial charge in [-0.25, -0.2) is 0 Å². The maximum atomic E-state index is 4.33. The zero-order valence-corrected chi connectivity index (χ0v) is 10.2. The standard InChI is InChI=1S/C16H11N3/c1-2-8-13-12(6-1)7-5-9-14(13)16-18-17-15-10-3-4-11-19(15)16/h1-11H. The summed E-state index contributed by atoms with van der Waals surface area (Å²) in [7, 11) is 0. The molecule has 0 bridgehead atoms. The summed E-state index contributed by atoms with van der Waals surface area (Å²) in [4.78, 5) is 0. The van der Waals surface area contributed by atoms with E-state index in [-0.39, 0.29) is 0 Å². The zero-order valence-electron chi connectivity index (χ0n) is 10.2. The molecule has 2 aromatic carbocycles. The molecule has 19 heavy (non-hydrogen) atoms. The third kappa shape index (κ3) is 1.52. The highest BCUT2D eigenvalue weighted by Gasteiger charge is 2.09. The summed E-state index contributed by atoms with van der Waals surface area (Å²) in [5, 5.41) is 11.0. The number of hydrogen-bond acceptors (Lipinski definition) is 2. The van der Waals surface area contributed by atoms with Crippen molar-refractivity contribution in [3.05, 3.63) is 66.9 Å². The van der Waals surface area contributed by atoms with Crippen molar-refractivity contribution in [1.29, 1.82) is 0 Å². The number of rotatable bonds is 1. The fourth-order valence-electron chi connectivity index (χ4n) is 2.45. The van der Waals surface area contributed by atoms with Gasteiger partial charge >= 0.3 is 0 Å². The smallest absolute Gasteiger partial charge is 0.168 e. The minimum atomic E-state index is 0.866. The predicted molar refractivity (Wildman–Crippen MR) is 75.9 cm³/mol. The lowest BCUT2D eigenvalue weighted by Gasteiger charge is -2.04. The molecule has 0 unspecified atom stereocenters. The highest BCUT2D eigenvalue weighted by molar-refractivity contribution is 5.95. The van der Waals surface area contributed by atoms with E-state index in [1.165, 1.54) is 10.8 Å². The van der Waals surface area contributed by atoms with Crippen LogP contribution in [0, 0.1) is 0 Å². The molecule has 4 rings (SSSR count). The lowest BCUT2D eigenvalue weighted by atomic mass is 10.0. The van der Waals surface area contributed by atoms with Crippen LogP contribution in [0.5, 0.6) is 0 Å². The average molecular weight is 245 g/mol. The summed E-state index contributed by atoms with van der Waals surface area (Å²) in [5.41, 5.74) is 1.97. The maximum Gasteiger partial charge on any atom is 0.168 e. The van der Waals surface area contributed by atoms with Crippen molar-refractivity contribution < 1.29 is 0 Å². The van der Waals surface area contributed by atoms with Gasteiger partial charge in [-0.2, -0.15) is 0 Å². The van der Waals surface area contributed by atoms with E-state index in [2.05, 4.69) is 46.6 Å². The third-order valence-corrected chi connectivity index (χ3v) is 3.34. The van der Waals surface area contributed by atoms with Gasteiger partial charge in [0, 0.05) is 11.8 Å². The number of pyridine rings is 1. The molecule has 0 spiro atoms. The lowest BCUT2D eigenvalue weighted by Crippen LogP contribution is -1.89. The fraction of sp³-hybridized carbons (Fsp3) is 0. The monoisotopic (exact) mass is 245 g/mol. The van der Waals surface area contributed by atoms with Crippen molar-refractivity contribution in [1.82, 2.24) is 14.6 Å². The molecule has 0 fully saturated rings. The van der Waals surface area contributed by atoms with Crippen molar-refractivity contribution in [2.75, 3.05) is 0 Å². The van der Waals surface area contributed by atoms with Crippen LogP contribution in [0.3, 0.4) is 0 Å². The van der Waals surface area contributed by atoms with Crippen LogP contribution in [0.1, 0.15) is 0 Å². The van der Waals surface area contributed by atoms with Gasteiger partial charge in [-0.1, -0.05) is 48.5 Å². The Morgan fingerprint density at radius 1 is 0.737 bits per heavy atom. The summed E-state index contributed by atoms with van der Waals surface area (Å²) < 4.78 is 2.02. The third-order valence-electron chi connectivity index (χ3n) is 3.34. The van der Waals surface area contributed by atoms with E-state index in [1.54, 1.807) is 0 Å². The van der Waals surface area contributed by atoms with E-state index in [9.17, 15) is 0 Å². The molecule has 0 amide bonds.